The molecule has 3 aromatic carbocycles. The molecule has 0 aliphatic rings. The molecule has 0 aliphatic carbocycles. The number of para-hydroxylation sites is 1. The third-order valence-electron chi connectivity index (χ3n) is 4.22. The van der Waals surface area contributed by atoms with E-state index in [9.17, 15) is 0 Å². The second kappa shape index (κ2) is 6.55. The minimum absolute atomic E-state index is 0.185. The Bertz CT molecular complexity index is 857. The molecule has 0 aliphatic heterocycles. The number of hydrogen-bond acceptors (Lipinski definition) is 1. The molecule has 0 atom stereocenters. The van der Waals surface area contributed by atoms with E-state index in [0.29, 0.717) is 0 Å². The summed E-state index contributed by atoms with van der Waals surface area (Å²) in [6.07, 6.45) is 4.09. The van der Waals surface area contributed by atoms with Gasteiger partial charge in [-0.2, -0.15) is 5.10 Å². The number of aromatic nitrogens is 2. The molecular weight excluding hydrogens is 292 g/mol. The standard InChI is InChI=1S/C22H18N2/c1-4-10-18(11-5-1)22(19-12-6-2-7-13-19)20-16-23-24(17-20)21-14-8-3-9-15-21/h1-17,22H. The van der Waals surface area contributed by atoms with Crippen LogP contribution in [0.1, 0.15) is 22.6 Å². The van der Waals surface area contributed by atoms with Crippen LogP contribution in [0, 0.1) is 0 Å². The molecule has 1 heterocycles. The molecule has 0 saturated heterocycles. The summed E-state index contributed by atoms with van der Waals surface area (Å²) in [6.45, 7) is 0. The van der Waals surface area contributed by atoms with Crippen molar-refractivity contribution in [3.05, 3.63) is 120 Å². The van der Waals surface area contributed by atoms with E-state index in [1.165, 1.54) is 16.7 Å². The molecule has 0 N–H and O–H groups in total. The zero-order valence-corrected chi connectivity index (χ0v) is 13.3. The Labute approximate surface area is 142 Å². The van der Waals surface area contributed by atoms with Crippen LogP contribution in [-0.2, 0) is 0 Å². The predicted octanol–water partition coefficient (Wildman–Crippen LogP) is 5.05. The Morgan fingerprint density at radius 2 is 1.08 bits per heavy atom. The van der Waals surface area contributed by atoms with Gasteiger partial charge < -0.3 is 0 Å². The van der Waals surface area contributed by atoms with E-state index in [-0.39, 0.29) is 5.92 Å². The molecule has 116 valence electrons. The van der Waals surface area contributed by atoms with Crippen molar-refractivity contribution >= 4 is 0 Å². The first-order valence-electron chi connectivity index (χ1n) is 8.12. The molecule has 0 spiro atoms. The lowest BCUT2D eigenvalue weighted by molar-refractivity contribution is 0.878. The minimum atomic E-state index is 0.185. The first kappa shape index (κ1) is 14.5. The van der Waals surface area contributed by atoms with Gasteiger partial charge in [0.15, 0.2) is 0 Å². The Morgan fingerprint density at radius 1 is 0.583 bits per heavy atom. The Morgan fingerprint density at radius 3 is 1.62 bits per heavy atom. The average molecular weight is 310 g/mol. The predicted molar refractivity (Wildman–Crippen MR) is 97.4 cm³/mol. The molecule has 0 bridgehead atoms. The molecular formula is C22H18N2. The quantitative estimate of drug-likeness (QED) is 0.515. The van der Waals surface area contributed by atoms with Crippen molar-refractivity contribution in [2.24, 2.45) is 0 Å². The molecule has 4 rings (SSSR count). The highest BCUT2D eigenvalue weighted by Gasteiger charge is 2.18. The van der Waals surface area contributed by atoms with Crippen LogP contribution in [0.5, 0.6) is 0 Å². The fraction of sp³-hybridized carbons (Fsp3) is 0.0455. The highest BCUT2D eigenvalue weighted by molar-refractivity contribution is 5.42. The number of benzene rings is 3. The van der Waals surface area contributed by atoms with Gasteiger partial charge in [0.1, 0.15) is 0 Å². The lowest BCUT2D eigenvalue weighted by atomic mass is 9.87. The third-order valence-corrected chi connectivity index (χ3v) is 4.22. The first-order valence-corrected chi connectivity index (χ1v) is 8.12. The van der Waals surface area contributed by atoms with Crippen LogP contribution in [0.25, 0.3) is 5.69 Å². The lowest BCUT2D eigenvalue weighted by Crippen LogP contribution is -2.02. The lowest BCUT2D eigenvalue weighted by Gasteiger charge is -2.16. The molecule has 1 aromatic heterocycles. The summed E-state index contributed by atoms with van der Waals surface area (Å²) in [5.74, 6) is 0.185. The van der Waals surface area contributed by atoms with Crippen molar-refractivity contribution in [1.82, 2.24) is 9.78 Å². The van der Waals surface area contributed by atoms with Crippen LogP contribution in [0.3, 0.4) is 0 Å². The molecule has 0 saturated carbocycles. The second-order valence-electron chi connectivity index (χ2n) is 5.81. The number of nitrogens with zero attached hydrogens (tertiary/aromatic N) is 2. The number of hydrogen-bond donors (Lipinski definition) is 0. The Balaban J connectivity index is 1.79. The zero-order chi connectivity index (χ0) is 16.2. The highest BCUT2D eigenvalue weighted by Crippen LogP contribution is 2.31. The highest BCUT2D eigenvalue weighted by atomic mass is 15.3. The van der Waals surface area contributed by atoms with E-state index in [1.807, 2.05) is 29.1 Å². The van der Waals surface area contributed by atoms with Gasteiger partial charge in [-0.25, -0.2) is 4.68 Å². The van der Waals surface area contributed by atoms with E-state index in [2.05, 4.69) is 84.1 Å². The van der Waals surface area contributed by atoms with Crippen LogP contribution in [0.2, 0.25) is 0 Å². The van der Waals surface area contributed by atoms with Crippen molar-refractivity contribution < 1.29 is 0 Å². The Hall–Kier alpha value is -3.13. The minimum Gasteiger partial charge on any atom is -0.241 e. The molecule has 4 aromatic rings. The summed E-state index contributed by atoms with van der Waals surface area (Å²) < 4.78 is 1.94. The topological polar surface area (TPSA) is 17.8 Å². The van der Waals surface area contributed by atoms with Gasteiger partial charge in [-0.15, -0.1) is 0 Å². The van der Waals surface area contributed by atoms with Crippen molar-refractivity contribution in [2.75, 3.05) is 0 Å². The van der Waals surface area contributed by atoms with E-state index in [0.717, 1.165) is 5.69 Å². The Kier molecular flexibility index (Phi) is 3.95. The maximum Gasteiger partial charge on any atom is 0.0645 e. The third kappa shape index (κ3) is 2.86. The van der Waals surface area contributed by atoms with E-state index >= 15 is 0 Å². The van der Waals surface area contributed by atoms with Crippen LogP contribution in [-0.4, -0.2) is 9.78 Å². The summed E-state index contributed by atoms with van der Waals surface area (Å²) >= 11 is 0. The van der Waals surface area contributed by atoms with E-state index in [4.69, 9.17) is 0 Å². The fourth-order valence-electron chi connectivity index (χ4n) is 3.08. The molecule has 24 heavy (non-hydrogen) atoms. The molecule has 2 nitrogen and oxygen atoms in total. The SMILES string of the molecule is c1ccc(C(c2ccccc2)c2cnn(-c3ccccc3)c2)cc1. The van der Waals surface area contributed by atoms with E-state index < -0.39 is 0 Å². The van der Waals surface area contributed by atoms with Crippen LogP contribution < -0.4 is 0 Å². The monoisotopic (exact) mass is 310 g/mol. The van der Waals surface area contributed by atoms with Gasteiger partial charge in [-0.05, 0) is 23.3 Å². The largest absolute Gasteiger partial charge is 0.241 e. The van der Waals surface area contributed by atoms with Crippen molar-refractivity contribution in [1.29, 1.82) is 0 Å². The second-order valence-corrected chi connectivity index (χ2v) is 5.81. The van der Waals surface area contributed by atoms with Gasteiger partial charge >= 0.3 is 0 Å². The van der Waals surface area contributed by atoms with Crippen molar-refractivity contribution in [3.63, 3.8) is 0 Å². The molecule has 0 fully saturated rings. The average Bonchev–Trinajstić information content (AvgIpc) is 3.14. The van der Waals surface area contributed by atoms with Crippen molar-refractivity contribution in [2.45, 2.75) is 5.92 Å². The van der Waals surface area contributed by atoms with Gasteiger partial charge in [-0.3, -0.25) is 0 Å². The van der Waals surface area contributed by atoms with Gasteiger partial charge in [0, 0.05) is 17.7 Å². The van der Waals surface area contributed by atoms with Crippen molar-refractivity contribution in [3.8, 4) is 5.69 Å². The van der Waals surface area contributed by atoms with E-state index in [1.54, 1.807) is 0 Å². The molecule has 0 unspecified atom stereocenters. The molecule has 0 amide bonds. The fourth-order valence-corrected chi connectivity index (χ4v) is 3.08. The van der Waals surface area contributed by atoms with Gasteiger partial charge in [0.05, 0.1) is 11.9 Å². The van der Waals surface area contributed by atoms with Crippen LogP contribution >= 0.6 is 0 Å². The normalized spacial score (nSPS) is 10.9. The van der Waals surface area contributed by atoms with Crippen LogP contribution in [0.15, 0.2) is 103 Å². The maximum absolute atomic E-state index is 4.58. The van der Waals surface area contributed by atoms with Crippen LogP contribution in [0.4, 0.5) is 0 Å². The van der Waals surface area contributed by atoms with Gasteiger partial charge in [0.25, 0.3) is 0 Å². The maximum atomic E-state index is 4.58. The summed E-state index contributed by atoms with van der Waals surface area (Å²) in [5.41, 5.74) is 4.81. The van der Waals surface area contributed by atoms with Gasteiger partial charge in [0.2, 0.25) is 0 Å². The first-order chi connectivity index (χ1) is 11.9. The summed E-state index contributed by atoms with van der Waals surface area (Å²) in [6, 6.07) is 31.4. The molecule has 0 radical (unpaired) electrons. The summed E-state index contributed by atoms with van der Waals surface area (Å²) in [4.78, 5) is 0. The number of rotatable bonds is 4. The smallest absolute Gasteiger partial charge is 0.0645 e. The van der Waals surface area contributed by atoms with Gasteiger partial charge in [-0.1, -0.05) is 78.9 Å². The molecule has 2 heteroatoms. The summed E-state index contributed by atoms with van der Waals surface area (Å²) in [5, 5.41) is 4.58. The zero-order valence-electron chi connectivity index (χ0n) is 13.3. The summed E-state index contributed by atoms with van der Waals surface area (Å²) in [7, 11) is 0.